The standard InChI is InChI=1S/C22H26N2O/c1-7-8-21-23-19-10-9-13(2)11-18(19)22(25)24(21)20-12-14(3)15(4)16(5)17(20)6/h9-12H,7-8H2,1-6H3. The van der Waals surface area contributed by atoms with Gasteiger partial charge in [-0.1, -0.05) is 18.6 Å². The Bertz CT molecular complexity index is 1030. The molecule has 0 atom stereocenters. The zero-order valence-corrected chi connectivity index (χ0v) is 16.0. The summed E-state index contributed by atoms with van der Waals surface area (Å²) in [6.07, 6.45) is 1.73. The number of fused-ring (bicyclic) bond motifs is 1. The molecule has 3 rings (SSSR count). The molecule has 0 bridgehead atoms. The van der Waals surface area contributed by atoms with Crippen LogP contribution in [0.5, 0.6) is 0 Å². The molecule has 3 heteroatoms. The van der Waals surface area contributed by atoms with Crippen molar-refractivity contribution in [1.29, 1.82) is 0 Å². The molecule has 0 unspecified atom stereocenters. The van der Waals surface area contributed by atoms with Crippen LogP contribution in [0.25, 0.3) is 16.6 Å². The minimum Gasteiger partial charge on any atom is -0.268 e. The first-order valence-corrected chi connectivity index (χ1v) is 8.95. The molecule has 0 amide bonds. The summed E-state index contributed by atoms with van der Waals surface area (Å²) >= 11 is 0. The van der Waals surface area contributed by atoms with Crippen LogP contribution < -0.4 is 5.56 Å². The summed E-state index contributed by atoms with van der Waals surface area (Å²) in [7, 11) is 0. The number of aromatic nitrogens is 2. The molecule has 0 saturated carbocycles. The lowest BCUT2D eigenvalue weighted by molar-refractivity contribution is 0.770. The van der Waals surface area contributed by atoms with Crippen molar-refractivity contribution in [3.63, 3.8) is 0 Å². The highest BCUT2D eigenvalue weighted by Gasteiger charge is 2.16. The fraction of sp³-hybridized carbons (Fsp3) is 0.364. The van der Waals surface area contributed by atoms with Gasteiger partial charge in [0, 0.05) is 6.42 Å². The molecule has 0 aliphatic carbocycles. The zero-order valence-electron chi connectivity index (χ0n) is 16.0. The lowest BCUT2D eigenvalue weighted by Gasteiger charge is -2.19. The Hall–Kier alpha value is -2.42. The van der Waals surface area contributed by atoms with Gasteiger partial charge in [0.05, 0.1) is 16.6 Å². The Morgan fingerprint density at radius 1 is 0.960 bits per heavy atom. The highest BCUT2D eigenvalue weighted by molar-refractivity contribution is 5.79. The van der Waals surface area contributed by atoms with Gasteiger partial charge >= 0.3 is 0 Å². The molecule has 0 radical (unpaired) electrons. The monoisotopic (exact) mass is 334 g/mol. The molecule has 1 heterocycles. The summed E-state index contributed by atoms with van der Waals surface area (Å²) in [5.74, 6) is 0.842. The SMILES string of the molecule is CCCc1nc2ccc(C)cc2c(=O)n1-c1cc(C)c(C)c(C)c1C. The lowest BCUT2D eigenvalue weighted by Crippen LogP contribution is -2.25. The van der Waals surface area contributed by atoms with Crippen LogP contribution in [0.4, 0.5) is 0 Å². The Balaban J connectivity index is 2.45. The van der Waals surface area contributed by atoms with Crippen LogP contribution in [0, 0.1) is 34.6 Å². The highest BCUT2D eigenvalue weighted by Crippen LogP contribution is 2.25. The maximum absolute atomic E-state index is 13.4. The van der Waals surface area contributed by atoms with Crippen LogP contribution in [0.2, 0.25) is 0 Å². The number of benzene rings is 2. The third-order valence-corrected chi connectivity index (χ3v) is 5.26. The molecule has 130 valence electrons. The summed E-state index contributed by atoms with van der Waals surface area (Å²) in [4.78, 5) is 18.2. The van der Waals surface area contributed by atoms with Crippen molar-refractivity contribution >= 4 is 10.9 Å². The number of nitrogens with zero attached hydrogens (tertiary/aromatic N) is 2. The highest BCUT2D eigenvalue weighted by atomic mass is 16.1. The average molecular weight is 334 g/mol. The Morgan fingerprint density at radius 2 is 1.68 bits per heavy atom. The Labute approximate surface area is 149 Å². The predicted molar refractivity (Wildman–Crippen MR) is 105 cm³/mol. The minimum atomic E-state index is 0.0305. The molecule has 3 aromatic rings. The van der Waals surface area contributed by atoms with Crippen molar-refractivity contribution in [3.8, 4) is 5.69 Å². The molecule has 25 heavy (non-hydrogen) atoms. The van der Waals surface area contributed by atoms with E-state index in [0.717, 1.165) is 41.0 Å². The molecule has 0 aliphatic rings. The number of hydrogen-bond donors (Lipinski definition) is 0. The molecule has 0 fully saturated rings. The van der Waals surface area contributed by atoms with Crippen LogP contribution in [0.1, 0.15) is 47.0 Å². The summed E-state index contributed by atoms with van der Waals surface area (Å²) in [5, 5.41) is 0.690. The molecule has 0 spiro atoms. The maximum atomic E-state index is 13.4. The smallest absolute Gasteiger partial charge is 0.265 e. The van der Waals surface area contributed by atoms with Crippen molar-refractivity contribution in [2.24, 2.45) is 0 Å². The quantitative estimate of drug-likeness (QED) is 0.684. The molecule has 0 N–H and O–H groups in total. The normalized spacial score (nSPS) is 11.3. The number of rotatable bonds is 3. The molecular formula is C22H26N2O. The first-order valence-electron chi connectivity index (χ1n) is 8.95. The van der Waals surface area contributed by atoms with Crippen LogP contribution in [0.3, 0.4) is 0 Å². The van der Waals surface area contributed by atoms with Crippen molar-refractivity contribution in [3.05, 3.63) is 68.3 Å². The van der Waals surface area contributed by atoms with Crippen LogP contribution in [0.15, 0.2) is 29.1 Å². The second-order valence-electron chi connectivity index (χ2n) is 7.03. The topological polar surface area (TPSA) is 34.9 Å². The van der Waals surface area contributed by atoms with E-state index in [1.165, 1.54) is 16.7 Å². The van der Waals surface area contributed by atoms with Crippen LogP contribution in [-0.2, 0) is 6.42 Å². The predicted octanol–water partition coefficient (Wildman–Crippen LogP) is 4.88. The Kier molecular flexibility index (Phi) is 4.51. The van der Waals surface area contributed by atoms with Crippen LogP contribution >= 0.6 is 0 Å². The Morgan fingerprint density at radius 3 is 2.36 bits per heavy atom. The van der Waals surface area contributed by atoms with Gasteiger partial charge in [-0.05, 0) is 81.5 Å². The fourth-order valence-corrected chi connectivity index (χ4v) is 3.41. The van der Waals surface area contributed by atoms with E-state index in [0.29, 0.717) is 5.39 Å². The molecule has 2 aromatic carbocycles. The van der Waals surface area contributed by atoms with Crippen molar-refractivity contribution < 1.29 is 0 Å². The van der Waals surface area contributed by atoms with E-state index < -0.39 is 0 Å². The zero-order chi connectivity index (χ0) is 18.3. The number of hydrogen-bond acceptors (Lipinski definition) is 2. The second-order valence-corrected chi connectivity index (χ2v) is 7.03. The van der Waals surface area contributed by atoms with E-state index in [4.69, 9.17) is 4.98 Å². The summed E-state index contributed by atoms with van der Waals surface area (Å²) in [6, 6.07) is 8.04. The molecule has 0 aliphatic heterocycles. The van der Waals surface area contributed by atoms with Gasteiger partial charge in [0.25, 0.3) is 5.56 Å². The minimum absolute atomic E-state index is 0.0305. The third-order valence-electron chi connectivity index (χ3n) is 5.26. The van der Waals surface area contributed by atoms with E-state index in [1.54, 1.807) is 0 Å². The summed E-state index contributed by atoms with van der Waals surface area (Å²) < 4.78 is 1.83. The van der Waals surface area contributed by atoms with Gasteiger partial charge in [-0.3, -0.25) is 9.36 Å². The van der Waals surface area contributed by atoms with Gasteiger partial charge in [-0.2, -0.15) is 0 Å². The first kappa shape index (κ1) is 17.4. The van der Waals surface area contributed by atoms with Gasteiger partial charge in [0.1, 0.15) is 5.82 Å². The van der Waals surface area contributed by atoms with Crippen LogP contribution in [-0.4, -0.2) is 9.55 Å². The molecular weight excluding hydrogens is 308 g/mol. The average Bonchev–Trinajstić information content (AvgIpc) is 2.58. The molecule has 0 saturated heterocycles. The van der Waals surface area contributed by atoms with E-state index in [-0.39, 0.29) is 5.56 Å². The summed E-state index contributed by atoms with van der Waals surface area (Å²) in [5.41, 5.74) is 7.74. The van der Waals surface area contributed by atoms with Gasteiger partial charge in [-0.25, -0.2) is 4.98 Å². The maximum Gasteiger partial charge on any atom is 0.265 e. The van der Waals surface area contributed by atoms with E-state index in [2.05, 4.69) is 40.7 Å². The van der Waals surface area contributed by atoms with E-state index >= 15 is 0 Å². The first-order chi connectivity index (χ1) is 11.8. The largest absolute Gasteiger partial charge is 0.268 e. The summed E-state index contributed by atoms with van der Waals surface area (Å²) in [6.45, 7) is 12.6. The van der Waals surface area contributed by atoms with Crippen molar-refractivity contribution in [2.75, 3.05) is 0 Å². The van der Waals surface area contributed by atoms with E-state index in [9.17, 15) is 4.79 Å². The van der Waals surface area contributed by atoms with Gasteiger partial charge in [-0.15, -0.1) is 0 Å². The van der Waals surface area contributed by atoms with Gasteiger partial charge in [0.15, 0.2) is 0 Å². The fourth-order valence-electron chi connectivity index (χ4n) is 3.41. The molecule has 1 aromatic heterocycles. The second kappa shape index (κ2) is 6.47. The number of aryl methyl sites for hydroxylation is 3. The van der Waals surface area contributed by atoms with Crippen molar-refractivity contribution in [1.82, 2.24) is 9.55 Å². The van der Waals surface area contributed by atoms with Gasteiger partial charge < -0.3 is 0 Å². The lowest BCUT2D eigenvalue weighted by atomic mass is 9.97. The van der Waals surface area contributed by atoms with Crippen molar-refractivity contribution in [2.45, 2.75) is 54.4 Å². The molecule has 3 nitrogen and oxygen atoms in total. The van der Waals surface area contributed by atoms with E-state index in [1.807, 2.05) is 29.7 Å². The van der Waals surface area contributed by atoms with Gasteiger partial charge in [0.2, 0.25) is 0 Å². The third kappa shape index (κ3) is 2.88.